The van der Waals surface area contributed by atoms with E-state index in [1.807, 2.05) is 0 Å². The molecule has 3 aromatic carbocycles. The standard InChI is InChI=1S/C29H33F2N3O4S/c1-20-10-16-24(17-11-20)39(37,38)34(26-9-7-6-8-25(26)31)19-27(35)33(18-22-12-14-23(30)15-13-22)21(2)28(36)32-29(3,4)5/h6-17,21H,18-19H2,1-5H3,(H,32,36)/t21-/m0/s1. The minimum Gasteiger partial charge on any atom is -0.350 e. The normalized spacial score (nSPS) is 12.5. The Morgan fingerprint density at radius 2 is 1.51 bits per heavy atom. The van der Waals surface area contributed by atoms with Crippen molar-refractivity contribution < 1.29 is 26.8 Å². The molecule has 3 rings (SSSR count). The van der Waals surface area contributed by atoms with Gasteiger partial charge in [-0.05, 0) is 76.6 Å². The summed E-state index contributed by atoms with van der Waals surface area (Å²) in [6.07, 6.45) is 0. The molecule has 0 aliphatic carbocycles. The van der Waals surface area contributed by atoms with Gasteiger partial charge in [0.25, 0.3) is 10.0 Å². The maximum absolute atomic E-state index is 14.9. The second-order valence-corrected chi connectivity index (χ2v) is 12.2. The molecule has 0 heterocycles. The zero-order chi connectivity index (χ0) is 29.0. The Morgan fingerprint density at radius 3 is 2.08 bits per heavy atom. The quantitative estimate of drug-likeness (QED) is 0.410. The van der Waals surface area contributed by atoms with Gasteiger partial charge in [0, 0.05) is 12.1 Å². The number of amides is 2. The van der Waals surface area contributed by atoms with E-state index in [4.69, 9.17) is 0 Å². The van der Waals surface area contributed by atoms with Gasteiger partial charge >= 0.3 is 0 Å². The molecule has 3 aromatic rings. The van der Waals surface area contributed by atoms with Crippen LogP contribution >= 0.6 is 0 Å². The van der Waals surface area contributed by atoms with Gasteiger partial charge in [0.05, 0.1) is 10.6 Å². The molecule has 1 atom stereocenters. The highest BCUT2D eigenvalue weighted by Gasteiger charge is 2.34. The topological polar surface area (TPSA) is 86.8 Å². The fourth-order valence-corrected chi connectivity index (χ4v) is 5.27. The van der Waals surface area contributed by atoms with Crippen LogP contribution in [-0.2, 0) is 26.2 Å². The lowest BCUT2D eigenvalue weighted by atomic mass is 10.1. The van der Waals surface area contributed by atoms with Gasteiger partial charge in [0.15, 0.2) is 0 Å². The fourth-order valence-electron chi connectivity index (χ4n) is 3.85. The number of nitrogens with one attached hydrogen (secondary N) is 1. The van der Waals surface area contributed by atoms with E-state index in [1.165, 1.54) is 66.4 Å². The second-order valence-electron chi connectivity index (χ2n) is 10.3. The number of carbonyl (C=O) groups is 2. The van der Waals surface area contributed by atoms with Gasteiger partial charge in [0.1, 0.15) is 24.2 Å². The SMILES string of the molecule is Cc1ccc(S(=O)(=O)N(CC(=O)N(Cc2ccc(F)cc2)[C@@H](C)C(=O)NC(C)(C)C)c2ccccc2F)cc1. The van der Waals surface area contributed by atoms with Crippen LogP contribution in [0.1, 0.15) is 38.8 Å². The second kappa shape index (κ2) is 11.9. The number of sulfonamides is 1. The Balaban J connectivity index is 2.04. The molecule has 2 amide bonds. The molecule has 1 N–H and O–H groups in total. The average Bonchev–Trinajstić information content (AvgIpc) is 2.86. The van der Waals surface area contributed by atoms with Crippen molar-refractivity contribution in [3.05, 3.63) is 95.6 Å². The number of benzene rings is 3. The number of hydrogen-bond donors (Lipinski definition) is 1. The van der Waals surface area contributed by atoms with Crippen molar-refractivity contribution in [1.82, 2.24) is 10.2 Å². The van der Waals surface area contributed by atoms with Crippen LogP contribution in [0.3, 0.4) is 0 Å². The van der Waals surface area contributed by atoms with Gasteiger partial charge in [-0.1, -0.05) is 42.0 Å². The summed E-state index contributed by atoms with van der Waals surface area (Å²) < 4.78 is 56.6. The molecule has 0 saturated heterocycles. The lowest BCUT2D eigenvalue weighted by Crippen LogP contribution is -2.54. The lowest BCUT2D eigenvalue weighted by molar-refractivity contribution is -0.140. The number of aryl methyl sites for hydroxylation is 1. The molecule has 39 heavy (non-hydrogen) atoms. The van der Waals surface area contributed by atoms with Gasteiger partial charge in [0.2, 0.25) is 11.8 Å². The minimum atomic E-state index is -4.38. The number of nitrogens with zero attached hydrogens (tertiary/aromatic N) is 2. The molecule has 7 nitrogen and oxygen atoms in total. The maximum atomic E-state index is 14.9. The van der Waals surface area contributed by atoms with Crippen molar-refractivity contribution in [2.24, 2.45) is 0 Å². The smallest absolute Gasteiger partial charge is 0.264 e. The van der Waals surface area contributed by atoms with Crippen LogP contribution in [0.2, 0.25) is 0 Å². The predicted molar refractivity (Wildman–Crippen MR) is 146 cm³/mol. The fraction of sp³-hybridized carbons (Fsp3) is 0.310. The van der Waals surface area contributed by atoms with Crippen molar-refractivity contribution >= 4 is 27.5 Å². The maximum Gasteiger partial charge on any atom is 0.264 e. The number of anilines is 1. The summed E-state index contributed by atoms with van der Waals surface area (Å²) in [6, 6.07) is 15.6. The van der Waals surface area contributed by atoms with Crippen LogP contribution in [-0.4, -0.2) is 43.3 Å². The molecular weight excluding hydrogens is 524 g/mol. The number of hydrogen-bond acceptors (Lipinski definition) is 4. The van der Waals surface area contributed by atoms with Crippen LogP contribution in [0, 0.1) is 18.6 Å². The van der Waals surface area contributed by atoms with Crippen LogP contribution in [0.4, 0.5) is 14.5 Å². The molecule has 0 aliphatic rings. The Morgan fingerprint density at radius 1 is 0.923 bits per heavy atom. The van der Waals surface area contributed by atoms with E-state index in [9.17, 15) is 26.8 Å². The van der Waals surface area contributed by atoms with Crippen molar-refractivity contribution in [2.75, 3.05) is 10.8 Å². The molecule has 0 fully saturated rings. The van der Waals surface area contributed by atoms with Crippen molar-refractivity contribution in [2.45, 2.75) is 57.6 Å². The predicted octanol–water partition coefficient (Wildman–Crippen LogP) is 4.80. The van der Waals surface area contributed by atoms with Gasteiger partial charge in [-0.3, -0.25) is 13.9 Å². The largest absolute Gasteiger partial charge is 0.350 e. The molecule has 208 valence electrons. The molecule has 0 unspecified atom stereocenters. The first-order valence-corrected chi connectivity index (χ1v) is 13.8. The molecule has 0 saturated carbocycles. The molecule has 0 spiro atoms. The van der Waals surface area contributed by atoms with Crippen molar-refractivity contribution in [3.8, 4) is 0 Å². The summed E-state index contributed by atoms with van der Waals surface area (Å²) in [4.78, 5) is 27.9. The van der Waals surface area contributed by atoms with Crippen LogP contribution in [0.5, 0.6) is 0 Å². The Kier molecular flexibility index (Phi) is 9.11. The zero-order valence-corrected chi connectivity index (χ0v) is 23.4. The van der Waals surface area contributed by atoms with E-state index >= 15 is 0 Å². The number of para-hydroxylation sites is 1. The van der Waals surface area contributed by atoms with E-state index < -0.39 is 51.6 Å². The summed E-state index contributed by atoms with van der Waals surface area (Å²) in [6.45, 7) is 7.81. The number of halogens is 2. The van der Waals surface area contributed by atoms with E-state index in [0.717, 1.165) is 11.6 Å². The van der Waals surface area contributed by atoms with Crippen LogP contribution in [0.25, 0.3) is 0 Å². The molecule has 0 bridgehead atoms. The third-order valence-electron chi connectivity index (χ3n) is 5.94. The molecule has 10 heteroatoms. The Bertz CT molecular complexity index is 1420. The Labute approximate surface area is 228 Å². The highest BCUT2D eigenvalue weighted by Crippen LogP contribution is 2.27. The number of rotatable bonds is 9. The van der Waals surface area contributed by atoms with Crippen LogP contribution in [0.15, 0.2) is 77.7 Å². The summed E-state index contributed by atoms with van der Waals surface area (Å²) >= 11 is 0. The first-order chi connectivity index (χ1) is 18.2. The van der Waals surface area contributed by atoms with E-state index in [1.54, 1.807) is 39.8 Å². The minimum absolute atomic E-state index is 0.104. The molecule has 0 aromatic heterocycles. The summed E-state index contributed by atoms with van der Waals surface area (Å²) in [5, 5.41) is 2.82. The summed E-state index contributed by atoms with van der Waals surface area (Å²) in [5.74, 6) is -2.50. The molecule has 0 aliphatic heterocycles. The first-order valence-electron chi connectivity index (χ1n) is 12.4. The van der Waals surface area contributed by atoms with E-state index in [0.29, 0.717) is 9.87 Å². The Hall–Kier alpha value is -3.79. The van der Waals surface area contributed by atoms with Crippen molar-refractivity contribution in [1.29, 1.82) is 0 Å². The van der Waals surface area contributed by atoms with E-state index in [-0.39, 0.29) is 17.1 Å². The number of carbonyl (C=O) groups excluding carboxylic acids is 2. The highest BCUT2D eigenvalue weighted by molar-refractivity contribution is 7.92. The first kappa shape index (κ1) is 29.8. The lowest BCUT2D eigenvalue weighted by Gasteiger charge is -2.33. The third kappa shape index (κ3) is 7.63. The monoisotopic (exact) mass is 557 g/mol. The van der Waals surface area contributed by atoms with Gasteiger partial charge < -0.3 is 10.2 Å². The molecular formula is C29H33F2N3O4S. The third-order valence-corrected chi connectivity index (χ3v) is 7.71. The van der Waals surface area contributed by atoms with Crippen LogP contribution < -0.4 is 9.62 Å². The summed E-state index contributed by atoms with van der Waals surface area (Å²) in [5.41, 5.74) is 0.453. The van der Waals surface area contributed by atoms with E-state index in [2.05, 4.69) is 5.32 Å². The zero-order valence-electron chi connectivity index (χ0n) is 22.6. The van der Waals surface area contributed by atoms with Gasteiger partial charge in [-0.15, -0.1) is 0 Å². The highest BCUT2D eigenvalue weighted by atomic mass is 32.2. The summed E-state index contributed by atoms with van der Waals surface area (Å²) in [7, 11) is -4.38. The van der Waals surface area contributed by atoms with Crippen molar-refractivity contribution in [3.63, 3.8) is 0 Å². The molecule has 0 radical (unpaired) electrons. The van der Waals surface area contributed by atoms with Gasteiger partial charge in [-0.25, -0.2) is 17.2 Å². The average molecular weight is 558 g/mol. The van der Waals surface area contributed by atoms with Gasteiger partial charge in [-0.2, -0.15) is 0 Å².